The van der Waals surface area contributed by atoms with E-state index in [0.717, 1.165) is 16.9 Å². The summed E-state index contributed by atoms with van der Waals surface area (Å²) in [4.78, 5) is 24.4. The van der Waals surface area contributed by atoms with Crippen LogP contribution in [0, 0.1) is 6.92 Å². The van der Waals surface area contributed by atoms with E-state index in [0.29, 0.717) is 28.6 Å². The fraction of sp³-hybridized carbons (Fsp3) is 0.107. The highest BCUT2D eigenvalue weighted by Crippen LogP contribution is 2.23. The van der Waals surface area contributed by atoms with Crippen LogP contribution in [0.5, 0.6) is 5.75 Å². The number of carbonyl (C=O) groups excluding carboxylic acids is 2. The standard InChI is InChI=1S/C28H24ClN3O3/c1-18-25(29)11-6-12-26(18)30-27(33)28(34)32-31-19(2)20-13-15-23(16-14-20)35-17-22-9-5-8-21-7-3-4-10-24(21)22/h3-16H,17H2,1-2H3,(H,30,33)(H,32,34)/b31-19+. The SMILES string of the molecule is C/C(=N\NC(=O)C(=O)Nc1cccc(Cl)c1C)c1ccc(OCc2cccc3ccccc23)cc1. The molecule has 4 rings (SSSR count). The molecule has 4 aromatic carbocycles. The minimum atomic E-state index is -0.876. The summed E-state index contributed by atoms with van der Waals surface area (Å²) in [6.45, 7) is 3.95. The lowest BCUT2D eigenvalue weighted by atomic mass is 10.1. The van der Waals surface area contributed by atoms with Crippen molar-refractivity contribution >= 4 is 45.6 Å². The van der Waals surface area contributed by atoms with Gasteiger partial charge < -0.3 is 10.1 Å². The zero-order valence-electron chi connectivity index (χ0n) is 19.3. The van der Waals surface area contributed by atoms with E-state index in [-0.39, 0.29) is 0 Å². The molecule has 4 aromatic rings. The van der Waals surface area contributed by atoms with Crippen LogP contribution in [-0.4, -0.2) is 17.5 Å². The Morgan fingerprint density at radius 1 is 0.886 bits per heavy atom. The minimum absolute atomic E-state index is 0.449. The molecule has 0 aliphatic rings. The lowest BCUT2D eigenvalue weighted by molar-refractivity contribution is -0.136. The van der Waals surface area contributed by atoms with E-state index in [9.17, 15) is 9.59 Å². The van der Waals surface area contributed by atoms with Gasteiger partial charge in [0.2, 0.25) is 0 Å². The fourth-order valence-corrected chi connectivity index (χ4v) is 3.72. The van der Waals surface area contributed by atoms with Crippen LogP contribution in [0.15, 0.2) is 90.0 Å². The molecule has 0 bridgehead atoms. The first-order valence-corrected chi connectivity index (χ1v) is 11.4. The highest BCUT2D eigenvalue weighted by atomic mass is 35.5. The molecule has 2 amide bonds. The number of amides is 2. The number of carbonyl (C=O) groups is 2. The summed E-state index contributed by atoms with van der Waals surface area (Å²) >= 11 is 6.05. The summed E-state index contributed by atoms with van der Waals surface area (Å²) in [5.41, 5.74) is 5.88. The number of hydrogen-bond donors (Lipinski definition) is 2. The Morgan fingerprint density at radius 2 is 1.60 bits per heavy atom. The molecule has 0 aromatic heterocycles. The third-order valence-electron chi connectivity index (χ3n) is 5.59. The quantitative estimate of drug-likeness (QED) is 0.204. The summed E-state index contributed by atoms with van der Waals surface area (Å²) in [6.07, 6.45) is 0. The molecule has 0 spiro atoms. The van der Waals surface area contributed by atoms with E-state index in [1.165, 1.54) is 10.8 Å². The lowest BCUT2D eigenvalue weighted by Crippen LogP contribution is -2.33. The van der Waals surface area contributed by atoms with Gasteiger partial charge in [0.15, 0.2) is 0 Å². The maximum atomic E-state index is 12.2. The number of halogens is 1. The van der Waals surface area contributed by atoms with Crippen LogP contribution in [-0.2, 0) is 16.2 Å². The number of fused-ring (bicyclic) bond motifs is 1. The Kier molecular flexibility index (Phi) is 7.43. The van der Waals surface area contributed by atoms with Gasteiger partial charge in [-0.05, 0) is 77.7 Å². The average molecular weight is 486 g/mol. The van der Waals surface area contributed by atoms with Gasteiger partial charge in [-0.3, -0.25) is 9.59 Å². The van der Waals surface area contributed by atoms with Gasteiger partial charge in [-0.1, -0.05) is 60.1 Å². The van der Waals surface area contributed by atoms with E-state index in [4.69, 9.17) is 16.3 Å². The highest BCUT2D eigenvalue weighted by Gasteiger charge is 2.15. The average Bonchev–Trinajstić information content (AvgIpc) is 2.88. The van der Waals surface area contributed by atoms with Crippen LogP contribution in [0.4, 0.5) is 5.69 Å². The summed E-state index contributed by atoms with van der Waals surface area (Å²) in [5.74, 6) is -0.988. The van der Waals surface area contributed by atoms with E-state index < -0.39 is 11.8 Å². The Bertz CT molecular complexity index is 1410. The Balaban J connectivity index is 1.34. The van der Waals surface area contributed by atoms with Crippen molar-refractivity contribution in [2.45, 2.75) is 20.5 Å². The molecule has 176 valence electrons. The topological polar surface area (TPSA) is 79.8 Å². The molecule has 0 atom stereocenters. The van der Waals surface area contributed by atoms with E-state index in [1.54, 1.807) is 32.0 Å². The van der Waals surface area contributed by atoms with Gasteiger partial charge in [0.1, 0.15) is 12.4 Å². The second-order valence-electron chi connectivity index (χ2n) is 7.96. The molecule has 0 saturated heterocycles. The molecule has 0 aliphatic heterocycles. The number of hydrazone groups is 1. The zero-order valence-corrected chi connectivity index (χ0v) is 20.1. The van der Waals surface area contributed by atoms with Crippen molar-refractivity contribution in [2.75, 3.05) is 5.32 Å². The van der Waals surface area contributed by atoms with Gasteiger partial charge in [0.05, 0.1) is 5.71 Å². The summed E-state index contributed by atoms with van der Waals surface area (Å²) in [6, 6.07) is 26.8. The monoisotopic (exact) mass is 485 g/mol. The molecule has 0 radical (unpaired) electrons. The molecular weight excluding hydrogens is 462 g/mol. The first kappa shape index (κ1) is 24.0. The second-order valence-corrected chi connectivity index (χ2v) is 8.36. The van der Waals surface area contributed by atoms with E-state index in [2.05, 4.69) is 40.1 Å². The highest BCUT2D eigenvalue weighted by molar-refractivity contribution is 6.40. The van der Waals surface area contributed by atoms with Crippen molar-refractivity contribution in [3.8, 4) is 5.75 Å². The summed E-state index contributed by atoms with van der Waals surface area (Å²) < 4.78 is 5.97. The molecule has 0 aliphatic carbocycles. The minimum Gasteiger partial charge on any atom is -0.489 e. The summed E-state index contributed by atoms with van der Waals surface area (Å²) in [7, 11) is 0. The molecule has 6 nitrogen and oxygen atoms in total. The predicted molar refractivity (Wildman–Crippen MR) is 140 cm³/mol. The predicted octanol–water partition coefficient (Wildman–Crippen LogP) is 5.86. The largest absolute Gasteiger partial charge is 0.489 e. The molecule has 0 unspecified atom stereocenters. The molecule has 7 heteroatoms. The van der Waals surface area contributed by atoms with Crippen molar-refractivity contribution in [3.05, 3.63) is 107 Å². The van der Waals surface area contributed by atoms with Gasteiger partial charge in [-0.25, -0.2) is 5.43 Å². The number of nitrogens with zero attached hydrogens (tertiary/aromatic N) is 1. The van der Waals surface area contributed by atoms with Crippen LogP contribution in [0.25, 0.3) is 10.8 Å². The Morgan fingerprint density at radius 3 is 2.40 bits per heavy atom. The molecule has 0 fully saturated rings. The molecule has 0 heterocycles. The zero-order chi connectivity index (χ0) is 24.8. The smallest absolute Gasteiger partial charge is 0.329 e. The Labute approximate surface area is 208 Å². The molecule has 0 saturated carbocycles. The number of hydrogen-bond acceptors (Lipinski definition) is 4. The normalized spacial score (nSPS) is 11.2. The van der Waals surface area contributed by atoms with Crippen LogP contribution >= 0.6 is 11.6 Å². The van der Waals surface area contributed by atoms with Crippen molar-refractivity contribution < 1.29 is 14.3 Å². The van der Waals surface area contributed by atoms with Gasteiger partial charge in [0, 0.05) is 10.7 Å². The van der Waals surface area contributed by atoms with Gasteiger partial charge in [-0.15, -0.1) is 0 Å². The lowest BCUT2D eigenvalue weighted by Gasteiger charge is -2.10. The number of nitrogens with one attached hydrogen (secondary N) is 2. The molecule has 35 heavy (non-hydrogen) atoms. The van der Waals surface area contributed by atoms with Crippen molar-refractivity contribution in [2.24, 2.45) is 5.10 Å². The van der Waals surface area contributed by atoms with Crippen molar-refractivity contribution in [1.29, 1.82) is 0 Å². The molecule has 2 N–H and O–H groups in total. The first-order valence-electron chi connectivity index (χ1n) is 11.0. The van der Waals surface area contributed by atoms with Crippen molar-refractivity contribution in [1.82, 2.24) is 5.43 Å². The van der Waals surface area contributed by atoms with Crippen LogP contribution in [0.3, 0.4) is 0 Å². The number of benzene rings is 4. The maximum absolute atomic E-state index is 12.2. The first-order chi connectivity index (χ1) is 16.9. The van der Waals surface area contributed by atoms with Crippen LogP contribution < -0.4 is 15.5 Å². The Hall–Kier alpha value is -4.16. The maximum Gasteiger partial charge on any atom is 0.329 e. The number of rotatable bonds is 6. The van der Waals surface area contributed by atoms with Crippen LogP contribution in [0.2, 0.25) is 5.02 Å². The fourth-order valence-electron chi connectivity index (χ4n) is 3.54. The van der Waals surface area contributed by atoms with Crippen molar-refractivity contribution in [3.63, 3.8) is 0 Å². The third kappa shape index (κ3) is 5.86. The third-order valence-corrected chi connectivity index (χ3v) is 6.00. The van der Waals surface area contributed by atoms with Gasteiger partial charge >= 0.3 is 11.8 Å². The molecular formula is C28H24ClN3O3. The van der Waals surface area contributed by atoms with E-state index in [1.807, 2.05) is 42.5 Å². The summed E-state index contributed by atoms with van der Waals surface area (Å²) in [5, 5.41) is 9.43. The van der Waals surface area contributed by atoms with Gasteiger partial charge in [-0.2, -0.15) is 5.10 Å². The van der Waals surface area contributed by atoms with Gasteiger partial charge in [0.25, 0.3) is 0 Å². The van der Waals surface area contributed by atoms with E-state index >= 15 is 0 Å². The van der Waals surface area contributed by atoms with Crippen LogP contribution in [0.1, 0.15) is 23.6 Å². The second kappa shape index (κ2) is 10.8. The number of ether oxygens (including phenoxy) is 1. The number of anilines is 1.